The van der Waals surface area contributed by atoms with E-state index in [4.69, 9.17) is 0 Å². The summed E-state index contributed by atoms with van der Waals surface area (Å²) in [6.07, 6.45) is 1.69. The molecule has 2 rings (SSSR count). The lowest BCUT2D eigenvalue weighted by Gasteiger charge is -2.36. The molecule has 1 saturated heterocycles. The molecule has 1 fully saturated rings. The Morgan fingerprint density at radius 1 is 1.38 bits per heavy atom. The number of hydrogen-bond acceptors (Lipinski definition) is 3. The molecule has 4 heteroatoms. The molecular formula is C17H26N2OS. The normalized spacial score (nSPS) is 20.9. The van der Waals surface area contributed by atoms with Crippen LogP contribution in [-0.2, 0) is 4.79 Å². The number of anilines is 2. The summed E-state index contributed by atoms with van der Waals surface area (Å²) in [7, 11) is 0. The van der Waals surface area contributed by atoms with Gasteiger partial charge in [-0.15, -0.1) is 0 Å². The van der Waals surface area contributed by atoms with Crippen molar-refractivity contribution in [2.75, 3.05) is 22.1 Å². The van der Waals surface area contributed by atoms with Crippen LogP contribution in [0.25, 0.3) is 0 Å². The third kappa shape index (κ3) is 4.40. The van der Waals surface area contributed by atoms with Gasteiger partial charge in [-0.2, -0.15) is 11.8 Å². The van der Waals surface area contributed by atoms with Crippen molar-refractivity contribution in [2.24, 2.45) is 5.41 Å². The van der Waals surface area contributed by atoms with Gasteiger partial charge < -0.3 is 10.6 Å². The highest BCUT2D eigenvalue weighted by atomic mass is 32.2. The molecule has 1 aromatic rings. The molecule has 1 amide bonds. The first-order valence-corrected chi connectivity index (χ1v) is 8.80. The first kappa shape index (κ1) is 16.2. The van der Waals surface area contributed by atoms with Gasteiger partial charge in [0, 0.05) is 29.6 Å². The van der Waals surface area contributed by atoms with Crippen molar-refractivity contribution < 1.29 is 4.79 Å². The van der Waals surface area contributed by atoms with Crippen LogP contribution in [0.3, 0.4) is 0 Å². The highest BCUT2D eigenvalue weighted by Gasteiger charge is 2.28. The van der Waals surface area contributed by atoms with Crippen molar-refractivity contribution in [3.8, 4) is 0 Å². The van der Waals surface area contributed by atoms with Crippen LogP contribution in [0, 0.1) is 12.3 Å². The third-order valence-corrected chi connectivity index (χ3v) is 5.52. The first-order chi connectivity index (χ1) is 9.91. The van der Waals surface area contributed by atoms with Gasteiger partial charge in [0.1, 0.15) is 0 Å². The van der Waals surface area contributed by atoms with Gasteiger partial charge in [-0.25, -0.2) is 0 Å². The second kappa shape index (κ2) is 6.73. The van der Waals surface area contributed by atoms with Gasteiger partial charge in [0.05, 0.1) is 0 Å². The molecule has 2 N–H and O–H groups in total. The minimum atomic E-state index is 0.0598. The van der Waals surface area contributed by atoms with Crippen LogP contribution in [-0.4, -0.2) is 23.5 Å². The summed E-state index contributed by atoms with van der Waals surface area (Å²) in [6.45, 7) is 8.60. The number of carbonyl (C=O) groups is 1. The fourth-order valence-corrected chi connectivity index (χ4v) is 4.01. The van der Waals surface area contributed by atoms with Crippen molar-refractivity contribution in [1.29, 1.82) is 0 Å². The summed E-state index contributed by atoms with van der Waals surface area (Å²) in [5, 5.41) is 6.63. The van der Waals surface area contributed by atoms with Crippen LogP contribution < -0.4 is 10.6 Å². The van der Waals surface area contributed by atoms with E-state index in [9.17, 15) is 4.79 Å². The Labute approximate surface area is 132 Å². The Kier molecular flexibility index (Phi) is 5.20. The summed E-state index contributed by atoms with van der Waals surface area (Å²) in [5.41, 5.74) is 3.55. The molecule has 1 aromatic carbocycles. The van der Waals surface area contributed by atoms with Crippen LogP contribution in [0.15, 0.2) is 18.2 Å². The molecule has 116 valence electrons. The van der Waals surface area contributed by atoms with Crippen molar-refractivity contribution in [3.63, 3.8) is 0 Å². The lowest BCUT2D eigenvalue weighted by molar-refractivity contribution is -0.115. The molecule has 1 unspecified atom stereocenters. The summed E-state index contributed by atoms with van der Waals surface area (Å²) in [6, 6.07) is 6.56. The van der Waals surface area contributed by atoms with Crippen LogP contribution >= 0.6 is 11.8 Å². The zero-order valence-corrected chi connectivity index (χ0v) is 14.3. The lowest BCUT2D eigenvalue weighted by Crippen LogP contribution is -2.35. The van der Waals surface area contributed by atoms with Crippen molar-refractivity contribution in [1.82, 2.24) is 0 Å². The van der Waals surface area contributed by atoms with E-state index in [-0.39, 0.29) is 5.91 Å². The predicted molar refractivity (Wildman–Crippen MR) is 93.2 cm³/mol. The number of hydrogen-bond donors (Lipinski definition) is 2. The maximum atomic E-state index is 11.6. The summed E-state index contributed by atoms with van der Waals surface area (Å²) >= 11 is 2.02. The van der Waals surface area contributed by atoms with E-state index < -0.39 is 0 Å². The SMILES string of the molecule is CCC(=O)Nc1cccc(NC2CSCC(C)(C)C2)c1C. The fraction of sp³-hybridized carbons (Fsp3) is 0.588. The topological polar surface area (TPSA) is 41.1 Å². The molecule has 1 heterocycles. The average molecular weight is 306 g/mol. The minimum absolute atomic E-state index is 0.0598. The number of nitrogens with one attached hydrogen (secondary N) is 2. The number of rotatable bonds is 4. The molecule has 0 spiro atoms. The predicted octanol–water partition coefficient (Wildman–Crippen LogP) is 4.29. The van der Waals surface area contributed by atoms with E-state index in [0.29, 0.717) is 17.9 Å². The van der Waals surface area contributed by atoms with Crippen molar-refractivity contribution >= 4 is 29.0 Å². The van der Waals surface area contributed by atoms with E-state index in [1.807, 2.05) is 30.8 Å². The van der Waals surface area contributed by atoms with Gasteiger partial charge in [-0.05, 0) is 42.2 Å². The molecule has 0 aliphatic carbocycles. The van der Waals surface area contributed by atoms with E-state index in [0.717, 1.165) is 22.7 Å². The first-order valence-electron chi connectivity index (χ1n) is 7.65. The number of carbonyl (C=O) groups excluding carboxylic acids is 1. The van der Waals surface area contributed by atoms with E-state index in [1.165, 1.54) is 12.2 Å². The van der Waals surface area contributed by atoms with E-state index in [1.54, 1.807) is 0 Å². The Bertz CT molecular complexity index is 514. The highest BCUT2D eigenvalue weighted by molar-refractivity contribution is 7.99. The quantitative estimate of drug-likeness (QED) is 0.872. The summed E-state index contributed by atoms with van der Waals surface area (Å²) in [5.74, 6) is 2.44. The van der Waals surface area contributed by atoms with Gasteiger partial charge in [0.2, 0.25) is 5.91 Å². The molecule has 1 atom stereocenters. The molecule has 0 bridgehead atoms. The van der Waals surface area contributed by atoms with Gasteiger partial charge in [-0.3, -0.25) is 4.79 Å². The number of benzene rings is 1. The van der Waals surface area contributed by atoms with Gasteiger partial charge in [0.15, 0.2) is 0 Å². The Hall–Kier alpha value is -1.16. The highest BCUT2D eigenvalue weighted by Crippen LogP contribution is 2.35. The third-order valence-electron chi connectivity index (χ3n) is 3.90. The Morgan fingerprint density at radius 2 is 2.10 bits per heavy atom. The molecule has 21 heavy (non-hydrogen) atoms. The molecular weight excluding hydrogens is 280 g/mol. The molecule has 0 saturated carbocycles. The Morgan fingerprint density at radius 3 is 2.76 bits per heavy atom. The second-order valence-corrected chi connectivity index (χ2v) is 7.63. The van der Waals surface area contributed by atoms with Gasteiger partial charge in [-0.1, -0.05) is 26.8 Å². The molecule has 1 aliphatic heterocycles. The standard InChI is InChI=1S/C17H26N2OS/c1-5-16(20)19-15-8-6-7-14(12(15)2)18-13-9-17(3,4)11-21-10-13/h6-8,13,18H,5,9-11H2,1-4H3,(H,19,20). The molecule has 1 aliphatic rings. The van der Waals surface area contributed by atoms with Crippen LogP contribution in [0.1, 0.15) is 39.2 Å². The lowest BCUT2D eigenvalue weighted by atomic mass is 9.87. The monoisotopic (exact) mass is 306 g/mol. The zero-order valence-electron chi connectivity index (χ0n) is 13.5. The average Bonchev–Trinajstić information content (AvgIpc) is 2.42. The zero-order chi connectivity index (χ0) is 15.5. The molecule has 0 aromatic heterocycles. The van der Waals surface area contributed by atoms with Crippen molar-refractivity contribution in [3.05, 3.63) is 23.8 Å². The fourth-order valence-electron chi connectivity index (χ4n) is 2.74. The number of amides is 1. The molecule has 3 nitrogen and oxygen atoms in total. The smallest absolute Gasteiger partial charge is 0.224 e. The van der Waals surface area contributed by atoms with Gasteiger partial charge in [0.25, 0.3) is 0 Å². The number of thioether (sulfide) groups is 1. The largest absolute Gasteiger partial charge is 0.381 e. The minimum Gasteiger partial charge on any atom is -0.381 e. The van der Waals surface area contributed by atoms with Crippen LogP contribution in [0.5, 0.6) is 0 Å². The van der Waals surface area contributed by atoms with E-state index in [2.05, 4.69) is 37.5 Å². The van der Waals surface area contributed by atoms with Gasteiger partial charge >= 0.3 is 0 Å². The van der Waals surface area contributed by atoms with Crippen LogP contribution in [0.4, 0.5) is 11.4 Å². The maximum Gasteiger partial charge on any atom is 0.224 e. The summed E-state index contributed by atoms with van der Waals surface area (Å²) in [4.78, 5) is 11.6. The Balaban J connectivity index is 2.10. The molecule has 0 radical (unpaired) electrons. The van der Waals surface area contributed by atoms with Crippen LogP contribution in [0.2, 0.25) is 0 Å². The second-order valence-electron chi connectivity index (χ2n) is 6.60. The van der Waals surface area contributed by atoms with Crippen molar-refractivity contribution in [2.45, 2.75) is 46.6 Å². The summed E-state index contributed by atoms with van der Waals surface area (Å²) < 4.78 is 0. The maximum absolute atomic E-state index is 11.6. The van der Waals surface area contributed by atoms with E-state index >= 15 is 0 Å².